The zero-order valence-electron chi connectivity index (χ0n) is 14.3. The lowest BCUT2D eigenvalue weighted by Crippen LogP contribution is -2.58. The van der Waals surface area contributed by atoms with E-state index < -0.39 is 0 Å². The zero-order chi connectivity index (χ0) is 14.9. The molecule has 2 fully saturated rings. The Morgan fingerprint density at radius 2 is 1.90 bits per heavy atom. The van der Waals surface area contributed by atoms with Crippen molar-refractivity contribution in [2.45, 2.75) is 77.3 Å². The van der Waals surface area contributed by atoms with Crippen molar-refractivity contribution >= 4 is 0 Å². The monoisotopic (exact) mass is 296 g/mol. The van der Waals surface area contributed by atoms with Gasteiger partial charge >= 0.3 is 0 Å². The fourth-order valence-electron chi connectivity index (χ4n) is 4.03. The van der Waals surface area contributed by atoms with Crippen LogP contribution in [0.3, 0.4) is 0 Å². The van der Waals surface area contributed by atoms with E-state index in [1.54, 1.807) is 0 Å². The minimum Gasteiger partial charge on any atom is -0.381 e. The largest absolute Gasteiger partial charge is 0.381 e. The summed E-state index contributed by atoms with van der Waals surface area (Å²) in [6.45, 7) is 10.0. The summed E-state index contributed by atoms with van der Waals surface area (Å²) < 4.78 is 5.64. The van der Waals surface area contributed by atoms with Crippen molar-refractivity contribution in [3.8, 4) is 0 Å². The van der Waals surface area contributed by atoms with Gasteiger partial charge in [-0.25, -0.2) is 0 Å². The first kappa shape index (κ1) is 17.2. The van der Waals surface area contributed by atoms with Gasteiger partial charge in [0.05, 0.1) is 0 Å². The molecule has 0 aromatic heterocycles. The normalized spacial score (nSPS) is 28.9. The van der Waals surface area contributed by atoms with Crippen LogP contribution in [0.15, 0.2) is 0 Å². The summed E-state index contributed by atoms with van der Waals surface area (Å²) in [5.74, 6) is 0.926. The highest BCUT2D eigenvalue weighted by Gasteiger charge is 2.31. The number of hydrogen-bond donors (Lipinski definition) is 1. The van der Waals surface area contributed by atoms with Gasteiger partial charge in [0.15, 0.2) is 0 Å². The van der Waals surface area contributed by atoms with Crippen LogP contribution in [0.1, 0.15) is 65.2 Å². The van der Waals surface area contributed by atoms with Crippen LogP contribution in [0.5, 0.6) is 0 Å². The van der Waals surface area contributed by atoms with Gasteiger partial charge in [-0.2, -0.15) is 0 Å². The third-order valence-corrected chi connectivity index (χ3v) is 5.34. The lowest BCUT2D eigenvalue weighted by molar-refractivity contribution is 0.0739. The molecule has 1 saturated carbocycles. The molecule has 1 saturated heterocycles. The standard InChI is InChI=1S/C18H36N2O/c1-3-12-21-13-8-11-20-15-18(19-14-17(20)4-2)16-9-6-5-7-10-16/h16-19H,3-15H2,1-2H3. The van der Waals surface area contributed by atoms with Crippen LogP contribution >= 0.6 is 0 Å². The van der Waals surface area contributed by atoms with Gasteiger partial charge in [-0.05, 0) is 38.0 Å². The van der Waals surface area contributed by atoms with Gasteiger partial charge in [-0.15, -0.1) is 0 Å². The average molecular weight is 296 g/mol. The molecular formula is C18H36N2O. The van der Waals surface area contributed by atoms with Crippen LogP contribution in [0.4, 0.5) is 0 Å². The van der Waals surface area contributed by atoms with Crippen molar-refractivity contribution in [3.05, 3.63) is 0 Å². The number of nitrogens with one attached hydrogen (secondary N) is 1. The minimum absolute atomic E-state index is 0.732. The first-order chi connectivity index (χ1) is 10.3. The van der Waals surface area contributed by atoms with Crippen LogP contribution in [0, 0.1) is 5.92 Å². The lowest BCUT2D eigenvalue weighted by Gasteiger charge is -2.44. The van der Waals surface area contributed by atoms with E-state index in [9.17, 15) is 0 Å². The maximum absolute atomic E-state index is 5.64. The Balaban J connectivity index is 1.75. The lowest BCUT2D eigenvalue weighted by atomic mass is 9.82. The van der Waals surface area contributed by atoms with Crippen LogP contribution in [0.25, 0.3) is 0 Å². The van der Waals surface area contributed by atoms with Crippen LogP contribution in [-0.4, -0.2) is 49.8 Å². The molecule has 21 heavy (non-hydrogen) atoms. The fourth-order valence-corrected chi connectivity index (χ4v) is 4.03. The molecule has 0 radical (unpaired) electrons. The van der Waals surface area contributed by atoms with Crippen molar-refractivity contribution in [2.24, 2.45) is 5.92 Å². The number of rotatable bonds is 8. The molecule has 2 unspecified atom stereocenters. The Morgan fingerprint density at radius 3 is 2.62 bits per heavy atom. The van der Waals surface area contributed by atoms with E-state index in [2.05, 4.69) is 24.1 Å². The molecular weight excluding hydrogens is 260 g/mol. The van der Waals surface area contributed by atoms with Crippen LogP contribution in [0.2, 0.25) is 0 Å². The molecule has 1 N–H and O–H groups in total. The summed E-state index contributed by atoms with van der Waals surface area (Å²) in [6.07, 6.45) is 10.8. The van der Waals surface area contributed by atoms with Crippen molar-refractivity contribution in [1.29, 1.82) is 0 Å². The van der Waals surface area contributed by atoms with Crippen molar-refractivity contribution in [2.75, 3.05) is 32.8 Å². The third kappa shape index (κ3) is 5.54. The molecule has 0 bridgehead atoms. The van der Waals surface area contributed by atoms with Crippen molar-refractivity contribution < 1.29 is 4.74 Å². The maximum Gasteiger partial charge on any atom is 0.0478 e. The van der Waals surface area contributed by atoms with E-state index in [0.717, 1.165) is 37.6 Å². The second-order valence-electron chi connectivity index (χ2n) is 6.94. The van der Waals surface area contributed by atoms with Gasteiger partial charge in [-0.1, -0.05) is 33.1 Å². The first-order valence-corrected chi connectivity index (χ1v) is 9.40. The predicted octanol–water partition coefficient (Wildman–Crippen LogP) is 3.44. The summed E-state index contributed by atoms with van der Waals surface area (Å²) in [6, 6.07) is 1.47. The zero-order valence-corrected chi connectivity index (χ0v) is 14.3. The summed E-state index contributed by atoms with van der Waals surface area (Å²) in [5, 5.41) is 3.86. The molecule has 124 valence electrons. The topological polar surface area (TPSA) is 24.5 Å². The van der Waals surface area contributed by atoms with Gasteiger partial charge in [-0.3, -0.25) is 4.90 Å². The fraction of sp³-hybridized carbons (Fsp3) is 1.00. The second-order valence-corrected chi connectivity index (χ2v) is 6.94. The van der Waals surface area contributed by atoms with E-state index in [0.29, 0.717) is 0 Å². The highest BCUT2D eigenvalue weighted by Crippen LogP contribution is 2.28. The van der Waals surface area contributed by atoms with Gasteiger partial charge in [0.2, 0.25) is 0 Å². The van der Waals surface area contributed by atoms with Gasteiger partial charge in [0, 0.05) is 44.9 Å². The van der Waals surface area contributed by atoms with Gasteiger partial charge < -0.3 is 10.1 Å². The van der Waals surface area contributed by atoms with E-state index in [1.807, 2.05) is 0 Å². The summed E-state index contributed by atoms with van der Waals surface area (Å²) >= 11 is 0. The van der Waals surface area contributed by atoms with E-state index in [1.165, 1.54) is 64.6 Å². The van der Waals surface area contributed by atoms with Crippen LogP contribution < -0.4 is 5.32 Å². The highest BCUT2D eigenvalue weighted by atomic mass is 16.5. The average Bonchev–Trinajstić information content (AvgIpc) is 2.55. The number of piperazine rings is 1. The van der Waals surface area contributed by atoms with E-state index in [4.69, 9.17) is 4.74 Å². The molecule has 1 heterocycles. The molecule has 0 aromatic rings. The Labute approximate surface area is 131 Å². The van der Waals surface area contributed by atoms with Gasteiger partial charge in [0.25, 0.3) is 0 Å². The first-order valence-electron chi connectivity index (χ1n) is 9.40. The van der Waals surface area contributed by atoms with Crippen molar-refractivity contribution in [3.63, 3.8) is 0 Å². The molecule has 1 aliphatic heterocycles. The van der Waals surface area contributed by atoms with Crippen molar-refractivity contribution in [1.82, 2.24) is 10.2 Å². The van der Waals surface area contributed by atoms with E-state index in [-0.39, 0.29) is 0 Å². The Kier molecular flexibility index (Phi) is 8.05. The molecule has 1 aliphatic carbocycles. The van der Waals surface area contributed by atoms with Crippen LogP contribution in [-0.2, 0) is 4.74 Å². The smallest absolute Gasteiger partial charge is 0.0478 e. The Bertz CT molecular complexity index is 266. The van der Waals surface area contributed by atoms with Gasteiger partial charge in [0.1, 0.15) is 0 Å². The molecule has 2 atom stereocenters. The SMILES string of the molecule is CCCOCCCN1CC(C2CCCCC2)NCC1CC. The molecule has 2 aliphatic rings. The predicted molar refractivity (Wildman–Crippen MR) is 89.7 cm³/mol. The quantitative estimate of drug-likeness (QED) is 0.695. The Hall–Kier alpha value is -0.120. The third-order valence-electron chi connectivity index (χ3n) is 5.34. The highest BCUT2D eigenvalue weighted by molar-refractivity contribution is 4.90. The summed E-state index contributed by atoms with van der Waals surface area (Å²) in [5.41, 5.74) is 0. The molecule has 3 heteroatoms. The minimum atomic E-state index is 0.732. The molecule has 3 nitrogen and oxygen atoms in total. The number of ether oxygens (including phenoxy) is 1. The molecule has 0 aromatic carbocycles. The Morgan fingerprint density at radius 1 is 1.10 bits per heavy atom. The maximum atomic E-state index is 5.64. The molecule has 0 amide bonds. The second kappa shape index (κ2) is 9.81. The number of hydrogen-bond acceptors (Lipinski definition) is 3. The van der Waals surface area contributed by atoms with E-state index >= 15 is 0 Å². The molecule has 0 spiro atoms. The summed E-state index contributed by atoms with van der Waals surface area (Å²) in [7, 11) is 0. The number of nitrogens with zero attached hydrogens (tertiary/aromatic N) is 1. The molecule has 2 rings (SSSR count). The summed E-state index contributed by atoms with van der Waals surface area (Å²) in [4.78, 5) is 2.74.